The van der Waals surface area contributed by atoms with E-state index >= 15 is 0 Å². The zero-order valence-corrected chi connectivity index (χ0v) is 12.3. The molecule has 1 saturated carbocycles. The van der Waals surface area contributed by atoms with Gasteiger partial charge in [0.05, 0.1) is 6.61 Å². The second-order valence-electron chi connectivity index (χ2n) is 5.64. The van der Waals surface area contributed by atoms with Crippen LogP contribution >= 0.6 is 0 Å². The monoisotopic (exact) mass is 288 g/mol. The molecule has 5 nitrogen and oxygen atoms in total. The first-order valence-electron chi connectivity index (χ1n) is 7.48. The van der Waals surface area contributed by atoms with Crippen LogP contribution in [-0.2, 0) is 9.59 Å². The summed E-state index contributed by atoms with van der Waals surface area (Å²) in [6.45, 7) is 4.24. The Kier molecular flexibility index (Phi) is 3.57. The van der Waals surface area contributed by atoms with Gasteiger partial charge in [-0.3, -0.25) is 14.5 Å². The summed E-state index contributed by atoms with van der Waals surface area (Å²) in [4.78, 5) is 26.4. The van der Waals surface area contributed by atoms with Crippen molar-refractivity contribution < 1.29 is 14.3 Å². The number of amides is 2. The molecule has 0 radical (unpaired) electrons. The number of anilines is 1. The molecule has 0 spiro atoms. The number of hydrogen-bond donors (Lipinski definition) is 1. The lowest BCUT2D eigenvalue weighted by Gasteiger charge is -2.37. The van der Waals surface area contributed by atoms with Crippen LogP contribution in [0.1, 0.15) is 26.7 Å². The highest BCUT2D eigenvalue weighted by molar-refractivity contribution is 6.08. The second kappa shape index (κ2) is 5.39. The van der Waals surface area contributed by atoms with Crippen molar-refractivity contribution in [2.45, 2.75) is 38.8 Å². The van der Waals surface area contributed by atoms with E-state index in [4.69, 9.17) is 4.74 Å². The zero-order valence-electron chi connectivity index (χ0n) is 12.3. The Morgan fingerprint density at radius 2 is 2.10 bits per heavy atom. The van der Waals surface area contributed by atoms with E-state index in [1.54, 1.807) is 11.8 Å². The number of nitrogens with zero attached hydrogens (tertiary/aromatic N) is 1. The number of benzene rings is 1. The number of hydrogen-bond acceptors (Lipinski definition) is 3. The molecule has 1 aliphatic heterocycles. The summed E-state index contributed by atoms with van der Waals surface area (Å²) in [6, 6.07) is 6.50. The van der Waals surface area contributed by atoms with Crippen LogP contribution in [0.3, 0.4) is 0 Å². The van der Waals surface area contributed by atoms with Crippen LogP contribution in [0, 0.1) is 5.92 Å². The number of ether oxygens (including phenoxy) is 1. The molecule has 5 heteroatoms. The molecule has 2 atom stereocenters. The van der Waals surface area contributed by atoms with Gasteiger partial charge in [0.1, 0.15) is 17.8 Å². The Balaban J connectivity index is 1.91. The highest BCUT2D eigenvalue weighted by atomic mass is 16.5. The van der Waals surface area contributed by atoms with Gasteiger partial charge in [-0.15, -0.1) is 0 Å². The molecule has 2 aliphatic rings. The third-order valence-electron chi connectivity index (χ3n) is 4.07. The van der Waals surface area contributed by atoms with Gasteiger partial charge in [-0.05, 0) is 44.7 Å². The molecule has 0 bridgehead atoms. The fourth-order valence-electron chi connectivity index (χ4n) is 2.78. The maximum absolute atomic E-state index is 12.7. The van der Waals surface area contributed by atoms with E-state index in [9.17, 15) is 9.59 Å². The van der Waals surface area contributed by atoms with Crippen molar-refractivity contribution in [1.29, 1.82) is 0 Å². The Morgan fingerprint density at radius 3 is 2.76 bits per heavy atom. The van der Waals surface area contributed by atoms with Crippen molar-refractivity contribution in [3.05, 3.63) is 24.3 Å². The Labute approximate surface area is 124 Å². The lowest BCUT2D eigenvalue weighted by molar-refractivity contribution is -0.133. The van der Waals surface area contributed by atoms with Crippen molar-refractivity contribution in [3.8, 4) is 5.75 Å². The van der Waals surface area contributed by atoms with Crippen LogP contribution < -0.4 is 15.0 Å². The Bertz CT molecular complexity index is 568. The molecule has 1 aliphatic carbocycles. The van der Waals surface area contributed by atoms with E-state index in [1.807, 2.05) is 31.2 Å². The van der Waals surface area contributed by atoms with E-state index in [0.29, 0.717) is 18.3 Å². The van der Waals surface area contributed by atoms with Gasteiger partial charge in [-0.25, -0.2) is 0 Å². The molecule has 2 fully saturated rings. The normalized spacial score (nSPS) is 25.7. The highest BCUT2D eigenvalue weighted by Gasteiger charge is 2.46. The topological polar surface area (TPSA) is 58.6 Å². The molecule has 1 saturated heterocycles. The summed E-state index contributed by atoms with van der Waals surface area (Å²) in [6.07, 6.45) is 2.02. The minimum Gasteiger partial charge on any atom is -0.494 e. The molecule has 112 valence electrons. The molecule has 21 heavy (non-hydrogen) atoms. The van der Waals surface area contributed by atoms with Crippen molar-refractivity contribution in [1.82, 2.24) is 5.32 Å². The van der Waals surface area contributed by atoms with Gasteiger partial charge in [0.25, 0.3) is 5.91 Å². The molecule has 0 aromatic heterocycles. The van der Waals surface area contributed by atoms with Crippen LogP contribution in [0.5, 0.6) is 5.75 Å². The molecule has 1 aromatic carbocycles. The summed E-state index contributed by atoms with van der Waals surface area (Å²) in [5, 5.41) is 2.86. The van der Waals surface area contributed by atoms with Gasteiger partial charge < -0.3 is 10.1 Å². The first-order chi connectivity index (χ1) is 10.1. The van der Waals surface area contributed by atoms with Crippen molar-refractivity contribution >= 4 is 17.5 Å². The van der Waals surface area contributed by atoms with Crippen molar-refractivity contribution in [2.24, 2.45) is 5.92 Å². The maximum atomic E-state index is 12.7. The molecule has 3 rings (SSSR count). The number of carbonyl (C=O) groups is 2. The first-order valence-corrected chi connectivity index (χ1v) is 7.48. The Morgan fingerprint density at radius 1 is 1.33 bits per heavy atom. The van der Waals surface area contributed by atoms with Crippen LogP contribution in [-0.4, -0.2) is 30.5 Å². The molecule has 2 unspecified atom stereocenters. The lowest BCUT2D eigenvalue weighted by atomic mass is 10.0. The lowest BCUT2D eigenvalue weighted by Crippen LogP contribution is -2.63. The summed E-state index contributed by atoms with van der Waals surface area (Å²) in [7, 11) is 0. The van der Waals surface area contributed by atoms with Gasteiger partial charge in [0.15, 0.2) is 0 Å². The van der Waals surface area contributed by atoms with Crippen LogP contribution in [0.25, 0.3) is 0 Å². The second-order valence-corrected chi connectivity index (χ2v) is 5.64. The van der Waals surface area contributed by atoms with E-state index < -0.39 is 6.04 Å². The number of piperazine rings is 1. The predicted octanol–water partition coefficient (Wildman–Crippen LogP) is 1.72. The number of rotatable bonds is 4. The summed E-state index contributed by atoms with van der Waals surface area (Å²) in [5.41, 5.74) is 0.721. The predicted molar refractivity (Wildman–Crippen MR) is 79.2 cm³/mol. The number of nitrogens with one attached hydrogen (secondary N) is 1. The van der Waals surface area contributed by atoms with Crippen LogP contribution in [0.4, 0.5) is 5.69 Å². The van der Waals surface area contributed by atoms with Crippen LogP contribution in [0.2, 0.25) is 0 Å². The molecule has 1 heterocycles. The fraction of sp³-hybridized carbons (Fsp3) is 0.500. The van der Waals surface area contributed by atoms with E-state index in [2.05, 4.69) is 5.32 Å². The average Bonchev–Trinajstić information content (AvgIpc) is 3.28. The smallest absolute Gasteiger partial charge is 0.250 e. The molecule has 2 amide bonds. The average molecular weight is 288 g/mol. The molecule has 1 N–H and O–H groups in total. The molecular weight excluding hydrogens is 268 g/mol. The third-order valence-corrected chi connectivity index (χ3v) is 4.07. The summed E-state index contributed by atoms with van der Waals surface area (Å²) < 4.78 is 5.48. The minimum absolute atomic E-state index is 0.0155. The quantitative estimate of drug-likeness (QED) is 0.917. The van der Waals surface area contributed by atoms with Gasteiger partial charge >= 0.3 is 0 Å². The first kappa shape index (κ1) is 13.9. The third kappa shape index (κ3) is 2.60. The number of carbonyl (C=O) groups excluding carboxylic acids is 2. The van der Waals surface area contributed by atoms with E-state index in [-0.39, 0.29) is 17.9 Å². The fourth-order valence-corrected chi connectivity index (χ4v) is 2.78. The Hall–Kier alpha value is -2.04. The molecule has 1 aromatic rings. The molecular formula is C16H20N2O3. The van der Waals surface area contributed by atoms with Gasteiger partial charge in [0, 0.05) is 11.8 Å². The summed E-state index contributed by atoms with van der Waals surface area (Å²) in [5.74, 6) is 0.905. The largest absolute Gasteiger partial charge is 0.494 e. The highest BCUT2D eigenvalue weighted by Crippen LogP contribution is 2.36. The van der Waals surface area contributed by atoms with Crippen LogP contribution in [0.15, 0.2) is 24.3 Å². The van der Waals surface area contributed by atoms with Gasteiger partial charge in [-0.1, -0.05) is 6.07 Å². The van der Waals surface area contributed by atoms with Gasteiger partial charge in [0.2, 0.25) is 5.91 Å². The standard InChI is InChI=1S/C16H20N2O3/c1-3-21-13-6-4-5-12(9-13)18-10(2)15(19)17-14(16(18)20)11-7-8-11/h4-6,9-11,14H,3,7-8H2,1-2H3,(H,17,19). The minimum atomic E-state index is -0.496. The van der Waals surface area contributed by atoms with Gasteiger partial charge in [-0.2, -0.15) is 0 Å². The van der Waals surface area contributed by atoms with E-state index in [0.717, 1.165) is 18.5 Å². The SMILES string of the molecule is CCOc1cccc(N2C(=O)C(C3CC3)NC(=O)C2C)c1. The summed E-state index contributed by atoms with van der Waals surface area (Å²) >= 11 is 0. The maximum Gasteiger partial charge on any atom is 0.250 e. The van der Waals surface area contributed by atoms with Crippen molar-refractivity contribution in [2.75, 3.05) is 11.5 Å². The van der Waals surface area contributed by atoms with Crippen molar-refractivity contribution in [3.63, 3.8) is 0 Å². The zero-order chi connectivity index (χ0) is 15.0. The van der Waals surface area contributed by atoms with E-state index in [1.165, 1.54) is 0 Å².